The molecule has 0 heterocycles. The van der Waals surface area contributed by atoms with Gasteiger partial charge >= 0.3 is 0 Å². The summed E-state index contributed by atoms with van der Waals surface area (Å²) in [7, 11) is 0. The highest BCUT2D eigenvalue weighted by molar-refractivity contribution is 5.85. The predicted octanol–water partition coefficient (Wildman–Crippen LogP) is 2.31. The second kappa shape index (κ2) is 10.8. The smallest absolute Gasteiger partial charge is 0.292 e. The van der Waals surface area contributed by atoms with Crippen molar-refractivity contribution in [3.05, 3.63) is 34.4 Å². The van der Waals surface area contributed by atoms with Gasteiger partial charge in [0.05, 0.1) is 4.92 Å². The number of carbonyl (C=O) groups excluding carboxylic acids is 1. The standard InChI is InChI=1S/C15H24N4O3.ClH/c1-11(2)9-12(10-16)18-15(20)7-8-17-13-5-3-4-6-14(13)19(21)22;/h3-6,11-12,17H,7-10,16H2,1-2H3,(H,18,20);1H. The van der Waals surface area contributed by atoms with E-state index in [1.807, 2.05) is 0 Å². The number of nitrogens with two attached hydrogens (primary N) is 1. The van der Waals surface area contributed by atoms with Gasteiger partial charge in [-0.25, -0.2) is 0 Å². The van der Waals surface area contributed by atoms with Gasteiger partial charge in [0.2, 0.25) is 5.91 Å². The second-order valence-corrected chi connectivity index (χ2v) is 5.58. The molecule has 0 aliphatic heterocycles. The first kappa shape index (κ1) is 21.1. The highest BCUT2D eigenvalue weighted by Gasteiger charge is 2.14. The van der Waals surface area contributed by atoms with Crippen molar-refractivity contribution in [1.82, 2.24) is 5.32 Å². The lowest BCUT2D eigenvalue weighted by Crippen LogP contribution is -2.41. The molecular weight excluding hydrogens is 320 g/mol. The van der Waals surface area contributed by atoms with Gasteiger partial charge < -0.3 is 16.4 Å². The van der Waals surface area contributed by atoms with Crippen LogP contribution >= 0.6 is 12.4 Å². The van der Waals surface area contributed by atoms with Crippen LogP contribution in [-0.4, -0.2) is 30.0 Å². The fourth-order valence-corrected chi connectivity index (χ4v) is 2.18. The van der Waals surface area contributed by atoms with Gasteiger partial charge in [0.15, 0.2) is 0 Å². The molecule has 1 aromatic carbocycles. The molecule has 130 valence electrons. The molecule has 1 amide bonds. The van der Waals surface area contributed by atoms with Crippen molar-refractivity contribution in [3.8, 4) is 0 Å². The number of anilines is 1. The van der Waals surface area contributed by atoms with Crippen LogP contribution in [0.2, 0.25) is 0 Å². The summed E-state index contributed by atoms with van der Waals surface area (Å²) in [5, 5.41) is 16.7. The minimum absolute atomic E-state index is 0. The molecule has 1 rings (SSSR count). The van der Waals surface area contributed by atoms with Crippen molar-refractivity contribution >= 4 is 29.7 Å². The van der Waals surface area contributed by atoms with Crippen LogP contribution in [0, 0.1) is 16.0 Å². The van der Waals surface area contributed by atoms with Gasteiger partial charge in [-0.1, -0.05) is 26.0 Å². The maximum absolute atomic E-state index is 11.9. The molecule has 0 spiro atoms. The Labute approximate surface area is 142 Å². The van der Waals surface area contributed by atoms with Crippen LogP contribution in [0.25, 0.3) is 0 Å². The molecule has 1 atom stereocenters. The number of para-hydroxylation sites is 2. The maximum Gasteiger partial charge on any atom is 0.292 e. The number of rotatable bonds is 9. The Hall–Kier alpha value is -1.86. The van der Waals surface area contributed by atoms with Gasteiger partial charge in [0, 0.05) is 31.6 Å². The molecule has 0 radical (unpaired) electrons. The molecule has 0 aliphatic carbocycles. The lowest BCUT2D eigenvalue weighted by atomic mass is 10.0. The third-order valence-corrected chi connectivity index (χ3v) is 3.17. The average Bonchev–Trinajstić information content (AvgIpc) is 2.46. The summed E-state index contributed by atoms with van der Waals surface area (Å²) in [5.74, 6) is 0.348. The first-order valence-corrected chi connectivity index (χ1v) is 7.40. The summed E-state index contributed by atoms with van der Waals surface area (Å²) in [6.45, 7) is 4.88. The highest BCUT2D eigenvalue weighted by Crippen LogP contribution is 2.22. The van der Waals surface area contributed by atoms with Gasteiger partial charge in [-0.05, 0) is 18.4 Å². The van der Waals surface area contributed by atoms with E-state index in [9.17, 15) is 14.9 Å². The van der Waals surface area contributed by atoms with Crippen LogP contribution in [0.3, 0.4) is 0 Å². The summed E-state index contributed by atoms with van der Waals surface area (Å²) in [6, 6.07) is 6.34. The van der Waals surface area contributed by atoms with E-state index in [2.05, 4.69) is 24.5 Å². The molecular formula is C15H25ClN4O3. The molecule has 0 aromatic heterocycles. The summed E-state index contributed by atoms with van der Waals surface area (Å²) >= 11 is 0. The number of carbonyl (C=O) groups is 1. The zero-order valence-electron chi connectivity index (χ0n) is 13.5. The summed E-state index contributed by atoms with van der Waals surface area (Å²) in [5.41, 5.74) is 6.05. The van der Waals surface area contributed by atoms with E-state index in [1.165, 1.54) is 6.07 Å². The molecule has 0 aliphatic rings. The maximum atomic E-state index is 11.9. The number of nitrogens with zero attached hydrogens (tertiary/aromatic N) is 1. The molecule has 0 saturated carbocycles. The van der Waals surface area contributed by atoms with Crippen molar-refractivity contribution in [1.29, 1.82) is 0 Å². The van der Waals surface area contributed by atoms with Crippen LogP contribution in [0.4, 0.5) is 11.4 Å². The Balaban J connectivity index is 0.00000484. The van der Waals surface area contributed by atoms with Crippen molar-refractivity contribution in [2.24, 2.45) is 11.7 Å². The van der Waals surface area contributed by atoms with Gasteiger partial charge in [0.1, 0.15) is 5.69 Å². The van der Waals surface area contributed by atoms with Gasteiger partial charge in [0.25, 0.3) is 5.69 Å². The molecule has 0 fully saturated rings. The number of nitro benzene ring substituents is 1. The van der Waals surface area contributed by atoms with E-state index in [0.29, 0.717) is 24.7 Å². The topological polar surface area (TPSA) is 110 Å². The quantitative estimate of drug-likeness (QED) is 0.470. The van der Waals surface area contributed by atoms with Crippen molar-refractivity contribution in [3.63, 3.8) is 0 Å². The molecule has 7 nitrogen and oxygen atoms in total. The predicted molar refractivity (Wildman–Crippen MR) is 93.9 cm³/mol. The van der Waals surface area contributed by atoms with E-state index in [0.717, 1.165) is 6.42 Å². The average molecular weight is 345 g/mol. The fraction of sp³-hybridized carbons (Fsp3) is 0.533. The van der Waals surface area contributed by atoms with E-state index in [1.54, 1.807) is 18.2 Å². The third kappa shape index (κ3) is 7.80. The monoisotopic (exact) mass is 344 g/mol. The number of amides is 1. The minimum Gasteiger partial charge on any atom is -0.379 e. The second-order valence-electron chi connectivity index (χ2n) is 5.58. The lowest BCUT2D eigenvalue weighted by molar-refractivity contribution is -0.384. The first-order chi connectivity index (χ1) is 10.4. The molecule has 23 heavy (non-hydrogen) atoms. The molecule has 1 aromatic rings. The van der Waals surface area contributed by atoms with Crippen molar-refractivity contribution < 1.29 is 9.72 Å². The van der Waals surface area contributed by atoms with E-state index in [4.69, 9.17) is 5.73 Å². The fourth-order valence-electron chi connectivity index (χ4n) is 2.18. The Kier molecular flexibility index (Phi) is 9.92. The van der Waals surface area contributed by atoms with Gasteiger partial charge in [-0.15, -0.1) is 12.4 Å². The van der Waals surface area contributed by atoms with Crippen molar-refractivity contribution in [2.75, 3.05) is 18.4 Å². The van der Waals surface area contributed by atoms with Crippen LogP contribution in [0.15, 0.2) is 24.3 Å². The molecule has 1 unspecified atom stereocenters. The van der Waals surface area contributed by atoms with E-state index < -0.39 is 4.92 Å². The minimum atomic E-state index is -0.449. The number of benzene rings is 1. The Morgan fingerprint density at radius 1 is 1.35 bits per heavy atom. The zero-order chi connectivity index (χ0) is 16.5. The third-order valence-electron chi connectivity index (χ3n) is 3.17. The zero-order valence-corrected chi connectivity index (χ0v) is 14.3. The normalized spacial score (nSPS) is 11.5. The SMILES string of the molecule is CC(C)CC(CN)NC(=O)CCNc1ccccc1[N+](=O)[O-].Cl. The van der Waals surface area contributed by atoms with Gasteiger partial charge in [-0.2, -0.15) is 0 Å². The summed E-state index contributed by atoms with van der Waals surface area (Å²) in [6.07, 6.45) is 1.07. The Morgan fingerprint density at radius 3 is 2.57 bits per heavy atom. The highest BCUT2D eigenvalue weighted by atomic mass is 35.5. The first-order valence-electron chi connectivity index (χ1n) is 7.40. The number of halogens is 1. The number of nitro groups is 1. The van der Waals surface area contributed by atoms with Crippen LogP contribution in [0.5, 0.6) is 0 Å². The lowest BCUT2D eigenvalue weighted by Gasteiger charge is -2.18. The Morgan fingerprint density at radius 2 is 2.00 bits per heavy atom. The van der Waals surface area contributed by atoms with Crippen LogP contribution in [-0.2, 0) is 4.79 Å². The van der Waals surface area contributed by atoms with Gasteiger partial charge in [-0.3, -0.25) is 14.9 Å². The van der Waals surface area contributed by atoms with E-state index >= 15 is 0 Å². The number of nitrogens with one attached hydrogen (secondary N) is 2. The van der Waals surface area contributed by atoms with Crippen molar-refractivity contribution in [2.45, 2.75) is 32.7 Å². The Bertz CT molecular complexity index is 511. The molecule has 0 saturated heterocycles. The molecule has 0 bridgehead atoms. The molecule has 8 heteroatoms. The van der Waals surface area contributed by atoms with Crippen LogP contribution < -0.4 is 16.4 Å². The molecule has 4 N–H and O–H groups in total. The number of hydrogen-bond donors (Lipinski definition) is 3. The summed E-state index contributed by atoms with van der Waals surface area (Å²) < 4.78 is 0. The van der Waals surface area contributed by atoms with E-state index in [-0.39, 0.29) is 36.5 Å². The summed E-state index contributed by atoms with van der Waals surface area (Å²) in [4.78, 5) is 22.3. The van der Waals surface area contributed by atoms with Crippen LogP contribution in [0.1, 0.15) is 26.7 Å². The number of hydrogen-bond acceptors (Lipinski definition) is 5. The largest absolute Gasteiger partial charge is 0.379 e.